The maximum Gasteiger partial charge on any atom is 0.266 e. The number of hydrogen-bond acceptors (Lipinski definition) is 3. The quantitative estimate of drug-likeness (QED) is 0.168. The van der Waals surface area contributed by atoms with Gasteiger partial charge >= 0.3 is 0 Å². The molecule has 0 fully saturated rings. The van der Waals surface area contributed by atoms with Crippen molar-refractivity contribution in [1.82, 2.24) is 0 Å². The van der Waals surface area contributed by atoms with Crippen LogP contribution in [0.3, 0.4) is 0 Å². The summed E-state index contributed by atoms with van der Waals surface area (Å²) in [4.78, 5) is 12.7. The van der Waals surface area contributed by atoms with Crippen molar-refractivity contribution in [2.45, 2.75) is 20.5 Å². The summed E-state index contributed by atoms with van der Waals surface area (Å²) in [6.07, 6.45) is 1.55. The summed E-state index contributed by atoms with van der Waals surface area (Å²) in [5, 5.41) is 12.4. The molecule has 1 N–H and O–H groups in total. The number of hydrogen-bond donors (Lipinski definition) is 1. The zero-order chi connectivity index (χ0) is 23.3. The number of carbonyl (C=O) groups is 1. The van der Waals surface area contributed by atoms with E-state index < -0.39 is 5.91 Å². The number of rotatable bonds is 6. The first-order valence-electron chi connectivity index (χ1n) is 9.64. The van der Waals surface area contributed by atoms with E-state index in [4.69, 9.17) is 4.74 Å². The lowest BCUT2D eigenvalue weighted by atomic mass is 10.1. The highest BCUT2D eigenvalue weighted by atomic mass is 127. The second-order valence-electron chi connectivity index (χ2n) is 7.10. The van der Waals surface area contributed by atoms with Crippen LogP contribution in [0.4, 0.5) is 5.69 Å². The number of aryl methyl sites for hydroxylation is 1. The molecular formula is C25H19Br2IN2O2. The van der Waals surface area contributed by atoms with Gasteiger partial charge in [-0.05, 0) is 127 Å². The Morgan fingerprint density at radius 3 is 2.41 bits per heavy atom. The van der Waals surface area contributed by atoms with Crippen LogP contribution < -0.4 is 10.1 Å². The summed E-state index contributed by atoms with van der Waals surface area (Å²) >= 11 is 9.33. The molecule has 0 atom stereocenters. The van der Waals surface area contributed by atoms with Gasteiger partial charge in [0.1, 0.15) is 24.0 Å². The number of benzene rings is 3. The highest BCUT2D eigenvalue weighted by Crippen LogP contribution is 2.36. The Bertz CT molecular complexity index is 1210. The Morgan fingerprint density at radius 1 is 1.12 bits per heavy atom. The molecule has 0 saturated carbocycles. The number of nitriles is 1. The molecule has 4 nitrogen and oxygen atoms in total. The van der Waals surface area contributed by atoms with E-state index in [1.807, 2.05) is 74.5 Å². The molecule has 0 radical (unpaired) electrons. The molecule has 0 bridgehead atoms. The van der Waals surface area contributed by atoms with Crippen LogP contribution in [0.2, 0.25) is 0 Å². The van der Waals surface area contributed by atoms with E-state index in [1.165, 1.54) is 3.57 Å². The first-order chi connectivity index (χ1) is 15.3. The molecule has 0 spiro atoms. The van der Waals surface area contributed by atoms with Gasteiger partial charge in [-0.15, -0.1) is 0 Å². The Morgan fingerprint density at radius 2 is 1.78 bits per heavy atom. The minimum absolute atomic E-state index is 0.0114. The number of amides is 1. The molecule has 0 aromatic heterocycles. The topological polar surface area (TPSA) is 62.1 Å². The first kappa shape index (κ1) is 24.5. The molecule has 0 heterocycles. The summed E-state index contributed by atoms with van der Waals surface area (Å²) in [7, 11) is 0. The molecule has 3 rings (SSSR count). The van der Waals surface area contributed by atoms with Gasteiger partial charge in [0.05, 0.1) is 8.95 Å². The summed E-state index contributed by atoms with van der Waals surface area (Å²) < 4.78 is 8.57. The predicted octanol–water partition coefficient (Wildman–Crippen LogP) is 7.56. The van der Waals surface area contributed by atoms with E-state index >= 15 is 0 Å². The average Bonchev–Trinajstić information content (AvgIpc) is 2.76. The Balaban J connectivity index is 1.78. The summed E-state index contributed by atoms with van der Waals surface area (Å²) in [5.41, 5.74) is 4.49. The van der Waals surface area contributed by atoms with E-state index in [0.717, 1.165) is 25.6 Å². The lowest BCUT2D eigenvalue weighted by Gasteiger charge is -2.12. The van der Waals surface area contributed by atoms with Gasteiger partial charge in [-0.25, -0.2) is 0 Å². The summed E-state index contributed by atoms with van der Waals surface area (Å²) in [6, 6.07) is 19.4. The van der Waals surface area contributed by atoms with Gasteiger partial charge in [0.25, 0.3) is 5.91 Å². The number of nitrogens with one attached hydrogen (secondary N) is 1. The fourth-order valence-electron chi connectivity index (χ4n) is 2.93. The second-order valence-corrected chi connectivity index (χ2v) is 10.1. The van der Waals surface area contributed by atoms with Gasteiger partial charge in [-0.3, -0.25) is 4.79 Å². The summed E-state index contributed by atoms with van der Waals surface area (Å²) in [6.45, 7) is 4.33. The Labute approximate surface area is 218 Å². The minimum atomic E-state index is -0.451. The molecule has 1 amide bonds. The third kappa shape index (κ3) is 6.21. The van der Waals surface area contributed by atoms with Crippen LogP contribution >= 0.6 is 54.5 Å². The molecule has 32 heavy (non-hydrogen) atoms. The molecule has 3 aromatic carbocycles. The van der Waals surface area contributed by atoms with Crippen LogP contribution in [0.25, 0.3) is 6.08 Å². The molecule has 0 aliphatic carbocycles. The largest absolute Gasteiger partial charge is 0.487 e. The molecule has 0 saturated heterocycles. The maximum absolute atomic E-state index is 12.7. The average molecular weight is 666 g/mol. The number of anilines is 1. The van der Waals surface area contributed by atoms with Gasteiger partial charge < -0.3 is 10.1 Å². The van der Waals surface area contributed by atoms with Crippen molar-refractivity contribution in [1.29, 1.82) is 5.26 Å². The van der Waals surface area contributed by atoms with Crippen LogP contribution in [-0.4, -0.2) is 5.91 Å². The molecule has 0 aliphatic rings. The van der Waals surface area contributed by atoms with E-state index in [2.05, 4.69) is 59.8 Å². The zero-order valence-corrected chi connectivity index (χ0v) is 22.7. The normalized spacial score (nSPS) is 11.1. The fourth-order valence-corrected chi connectivity index (χ4v) is 4.74. The van der Waals surface area contributed by atoms with Crippen LogP contribution in [0.15, 0.2) is 69.1 Å². The maximum atomic E-state index is 12.7. The predicted molar refractivity (Wildman–Crippen MR) is 143 cm³/mol. The van der Waals surface area contributed by atoms with Crippen LogP contribution in [0.1, 0.15) is 22.3 Å². The third-order valence-corrected chi connectivity index (χ3v) is 6.74. The van der Waals surface area contributed by atoms with Crippen molar-refractivity contribution in [2.24, 2.45) is 0 Å². The molecule has 162 valence electrons. The van der Waals surface area contributed by atoms with Gasteiger partial charge in [0.2, 0.25) is 0 Å². The van der Waals surface area contributed by atoms with Crippen molar-refractivity contribution < 1.29 is 9.53 Å². The lowest BCUT2D eigenvalue weighted by molar-refractivity contribution is -0.112. The van der Waals surface area contributed by atoms with Crippen molar-refractivity contribution >= 4 is 72.1 Å². The third-order valence-electron chi connectivity index (χ3n) is 4.85. The first-order valence-corrected chi connectivity index (χ1v) is 12.3. The number of nitrogens with zero attached hydrogens (tertiary/aromatic N) is 1. The van der Waals surface area contributed by atoms with E-state index in [0.29, 0.717) is 23.6 Å². The van der Waals surface area contributed by atoms with Gasteiger partial charge in [0, 0.05) is 9.26 Å². The van der Waals surface area contributed by atoms with E-state index in [9.17, 15) is 10.1 Å². The highest BCUT2D eigenvalue weighted by molar-refractivity contribution is 14.1. The number of ether oxygens (including phenoxy) is 1. The van der Waals surface area contributed by atoms with E-state index in [-0.39, 0.29) is 5.57 Å². The molecule has 0 aliphatic heterocycles. The molecule has 3 aromatic rings. The minimum Gasteiger partial charge on any atom is -0.487 e. The smallest absolute Gasteiger partial charge is 0.266 e. The van der Waals surface area contributed by atoms with Crippen molar-refractivity contribution in [3.8, 4) is 11.8 Å². The van der Waals surface area contributed by atoms with Crippen LogP contribution in [0, 0.1) is 28.7 Å². The molecular weight excluding hydrogens is 647 g/mol. The van der Waals surface area contributed by atoms with Crippen molar-refractivity contribution in [3.05, 3.63) is 94.9 Å². The van der Waals surface area contributed by atoms with Crippen molar-refractivity contribution in [3.63, 3.8) is 0 Å². The highest BCUT2D eigenvalue weighted by Gasteiger charge is 2.14. The Kier molecular flexibility index (Phi) is 8.51. The Hall–Kier alpha value is -2.15. The van der Waals surface area contributed by atoms with Gasteiger partial charge in [0.15, 0.2) is 0 Å². The monoisotopic (exact) mass is 664 g/mol. The van der Waals surface area contributed by atoms with Crippen LogP contribution in [0.5, 0.6) is 5.75 Å². The fraction of sp³-hybridized carbons (Fsp3) is 0.120. The number of halogens is 3. The SMILES string of the molecule is Cc1cccc(NC(=O)/C(C#N)=C/c2cc(Br)c(OCc3ccc(I)cc3)c(Br)c2)c1C. The second kappa shape index (κ2) is 11.1. The van der Waals surface area contributed by atoms with Crippen LogP contribution in [-0.2, 0) is 11.4 Å². The van der Waals surface area contributed by atoms with Gasteiger partial charge in [-0.2, -0.15) is 5.26 Å². The lowest BCUT2D eigenvalue weighted by Crippen LogP contribution is -2.14. The number of carbonyl (C=O) groups excluding carboxylic acids is 1. The van der Waals surface area contributed by atoms with Gasteiger partial charge in [-0.1, -0.05) is 24.3 Å². The zero-order valence-electron chi connectivity index (χ0n) is 17.4. The molecule has 0 unspecified atom stereocenters. The molecule has 7 heteroatoms. The standard InChI is InChI=1S/C25H19Br2IN2O2/c1-15-4-3-5-23(16(15)2)30-25(31)19(13-29)10-18-11-21(26)24(22(27)12-18)32-14-17-6-8-20(28)9-7-17/h3-12H,14H2,1-2H3,(H,30,31)/b19-10+. The van der Waals surface area contributed by atoms with Crippen molar-refractivity contribution in [2.75, 3.05) is 5.32 Å². The van der Waals surface area contributed by atoms with E-state index in [1.54, 1.807) is 6.08 Å². The summed E-state index contributed by atoms with van der Waals surface area (Å²) in [5.74, 6) is 0.200.